The molecule has 3 rings (SSSR count). The van der Waals surface area contributed by atoms with Crippen molar-refractivity contribution in [2.24, 2.45) is 0 Å². The van der Waals surface area contributed by atoms with E-state index < -0.39 is 28.5 Å². The van der Waals surface area contributed by atoms with E-state index >= 15 is 0 Å². The quantitative estimate of drug-likeness (QED) is 0.376. The number of amides is 2. The SMILES string of the molecule is CNC(=O)C(C)N(Cc1ccc(C)cc1)C(=O)CN(c1cc(C)cc(C)c1)S(=O)(=O)c1ccc(OC)c(OC)c1. The van der Waals surface area contributed by atoms with Crippen molar-refractivity contribution in [2.75, 3.05) is 32.1 Å². The zero-order chi connectivity index (χ0) is 29.6. The normalized spacial score (nSPS) is 11.9. The first-order chi connectivity index (χ1) is 18.9. The molecule has 0 heterocycles. The summed E-state index contributed by atoms with van der Waals surface area (Å²) in [6.07, 6.45) is 0. The summed E-state index contributed by atoms with van der Waals surface area (Å²) < 4.78 is 39.9. The molecule has 2 amide bonds. The van der Waals surface area contributed by atoms with Crippen LogP contribution in [0.5, 0.6) is 11.5 Å². The molecule has 40 heavy (non-hydrogen) atoms. The molecule has 0 radical (unpaired) electrons. The third kappa shape index (κ3) is 6.93. The number of nitrogens with one attached hydrogen (secondary N) is 1. The molecular weight excluding hydrogens is 530 g/mol. The number of carbonyl (C=O) groups excluding carboxylic acids is 2. The lowest BCUT2D eigenvalue weighted by atomic mass is 10.1. The van der Waals surface area contributed by atoms with Gasteiger partial charge in [-0.25, -0.2) is 8.42 Å². The van der Waals surface area contributed by atoms with Crippen molar-refractivity contribution in [3.05, 3.63) is 82.9 Å². The van der Waals surface area contributed by atoms with Gasteiger partial charge in [0.15, 0.2) is 11.5 Å². The van der Waals surface area contributed by atoms with Crippen LogP contribution in [0.1, 0.15) is 29.2 Å². The predicted molar refractivity (Wildman–Crippen MR) is 155 cm³/mol. The minimum absolute atomic E-state index is 0.0680. The van der Waals surface area contributed by atoms with E-state index in [4.69, 9.17) is 9.47 Å². The third-order valence-electron chi connectivity index (χ3n) is 6.60. The first kappa shape index (κ1) is 30.5. The molecule has 1 N–H and O–H groups in total. The van der Waals surface area contributed by atoms with Crippen molar-refractivity contribution in [1.82, 2.24) is 10.2 Å². The van der Waals surface area contributed by atoms with Crippen LogP contribution in [0.3, 0.4) is 0 Å². The molecular formula is C30H37N3O6S. The Kier molecular flexibility index (Phi) is 9.81. The number of methoxy groups -OCH3 is 2. The van der Waals surface area contributed by atoms with Crippen molar-refractivity contribution < 1.29 is 27.5 Å². The molecule has 214 valence electrons. The summed E-state index contributed by atoms with van der Waals surface area (Å²) in [6, 6.07) is 16.4. The van der Waals surface area contributed by atoms with Gasteiger partial charge in [0.25, 0.3) is 10.0 Å². The number of benzene rings is 3. The molecule has 1 unspecified atom stereocenters. The van der Waals surface area contributed by atoms with E-state index in [-0.39, 0.29) is 23.1 Å². The van der Waals surface area contributed by atoms with E-state index in [1.165, 1.54) is 44.4 Å². The molecule has 0 aliphatic rings. The van der Waals surface area contributed by atoms with Gasteiger partial charge in [-0.2, -0.15) is 0 Å². The van der Waals surface area contributed by atoms with Crippen LogP contribution >= 0.6 is 0 Å². The fourth-order valence-corrected chi connectivity index (χ4v) is 5.82. The molecule has 10 heteroatoms. The van der Waals surface area contributed by atoms with Gasteiger partial charge < -0.3 is 19.7 Å². The van der Waals surface area contributed by atoms with Gasteiger partial charge in [-0.1, -0.05) is 35.9 Å². The molecule has 0 bridgehead atoms. The first-order valence-corrected chi connectivity index (χ1v) is 14.2. The number of hydrogen-bond acceptors (Lipinski definition) is 6. The molecule has 0 fully saturated rings. The smallest absolute Gasteiger partial charge is 0.264 e. The monoisotopic (exact) mass is 567 g/mol. The molecule has 0 saturated heterocycles. The molecule has 3 aromatic rings. The van der Waals surface area contributed by atoms with E-state index in [1.807, 2.05) is 51.1 Å². The lowest BCUT2D eigenvalue weighted by Crippen LogP contribution is -2.50. The topological polar surface area (TPSA) is 105 Å². The van der Waals surface area contributed by atoms with Crippen LogP contribution in [-0.4, -0.2) is 59.0 Å². The number of likely N-dealkylation sites (N-methyl/N-ethyl adjacent to an activating group) is 1. The van der Waals surface area contributed by atoms with Gasteiger partial charge in [-0.05, 0) is 68.7 Å². The molecule has 9 nitrogen and oxygen atoms in total. The van der Waals surface area contributed by atoms with Crippen LogP contribution in [0.2, 0.25) is 0 Å². The standard InChI is InChI=1S/C30H37N3O6S/c1-20-8-10-24(11-9-20)18-32(23(4)30(35)31-5)29(34)19-33(25-15-21(2)14-22(3)16-25)40(36,37)26-12-13-27(38-6)28(17-26)39-7/h8-17,23H,18-19H2,1-7H3,(H,31,35). The average molecular weight is 568 g/mol. The van der Waals surface area contributed by atoms with Gasteiger partial charge in [0.05, 0.1) is 24.8 Å². The zero-order valence-corrected chi connectivity index (χ0v) is 24.8. The van der Waals surface area contributed by atoms with Crippen molar-refractivity contribution in [1.29, 1.82) is 0 Å². The van der Waals surface area contributed by atoms with Gasteiger partial charge >= 0.3 is 0 Å². The predicted octanol–water partition coefficient (Wildman–Crippen LogP) is 3.99. The fraction of sp³-hybridized carbons (Fsp3) is 0.333. The van der Waals surface area contributed by atoms with Gasteiger partial charge in [0.1, 0.15) is 12.6 Å². The van der Waals surface area contributed by atoms with Crippen LogP contribution in [0, 0.1) is 20.8 Å². The molecule has 0 spiro atoms. The maximum Gasteiger partial charge on any atom is 0.264 e. The average Bonchev–Trinajstić information content (AvgIpc) is 2.93. The van der Waals surface area contributed by atoms with E-state index in [0.29, 0.717) is 11.4 Å². The highest BCUT2D eigenvalue weighted by Gasteiger charge is 2.33. The number of hydrogen-bond donors (Lipinski definition) is 1. The number of carbonyl (C=O) groups is 2. The van der Waals surface area contributed by atoms with Gasteiger partial charge in [-0.15, -0.1) is 0 Å². The maximum absolute atomic E-state index is 14.1. The Balaban J connectivity index is 2.10. The lowest BCUT2D eigenvalue weighted by Gasteiger charge is -2.32. The van der Waals surface area contributed by atoms with E-state index in [2.05, 4.69) is 5.32 Å². The number of nitrogens with zero attached hydrogens (tertiary/aromatic N) is 2. The first-order valence-electron chi connectivity index (χ1n) is 12.8. The second-order valence-electron chi connectivity index (χ2n) is 9.67. The Labute approximate surface area is 236 Å². The van der Waals surface area contributed by atoms with Gasteiger partial charge in [-0.3, -0.25) is 13.9 Å². The molecule has 0 aliphatic heterocycles. The number of sulfonamides is 1. The van der Waals surface area contributed by atoms with Crippen LogP contribution < -0.4 is 19.1 Å². The van der Waals surface area contributed by atoms with Crippen molar-refractivity contribution >= 4 is 27.5 Å². The van der Waals surface area contributed by atoms with Crippen molar-refractivity contribution in [3.8, 4) is 11.5 Å². The Morgan fingerprint density at radius 2 is 1.45 bits per heavy atom. The zero-order valence-electron chi connectivity index (χ0n) is 24.0. The minimum Gasteiger partial charge on any atom is -0.493 e. The number of rotatable bonds is 11. The molecule has 3 aromatic carbocycles. The Hall–Kier alpha value is -4.05. The van der Waals surface area contributed by atoms with Crippen LogP contribution in [0.25, 0.3) is 0 Å². The van der Waals surface area contributed by atoms with E-state index in [9.17, 15) is 18.0 Å². The summed E-state index contributed by atoms with van der Waals surface area (Å²) in [4.78, 5) is 27.9. The van der Waals surface area contributed by atoms with Crippen molar-refractivity contribution in [2.45, 2.75) is 45.2 Å². The van der Waals surface area contributed by atoms with Crippen LogP contribution in [0.4, 0.5) is 5.69 Å². The second-order valence-corrected chi connectivity index (χ2v) is 11.5. The largest absolute Gasteiger partial charge is 0.493 e. The Bertz CT molecular complexity index is 1450. The summed E-state index contributed by atoms with van der Waals surface area (Å²) in [5.74, 6) is -0.273. The highest BCUT2D eigenvalue weighted by atomic mass is 32.2. The minimum atomic E-state index is -4.25. The van der Waals surface area contributed by atoms with Gasteiger partial charge in [0.2, 0.25) is 11.8 Å². The number of aryl methyl sites for hydroxylation is 3. The summed E-state index contributed by atoms with van der Waals surface area (Å²) >= 11 is 0. The molecule has 0 aliphatic carbocycles. The second kappa shape index (κ2) is 12.9. The van der Waals surface area contributed by atoms with Gasteiger partial charge in [0, 0.05) is 19.7 Å². The lowest BCUT2D eigenvalue weighted by molar-refractivity contribution is -0.139. The third-order valence-corrected chi connectivity index (χ3v) is 8.37. The Morgan fingerprint density at radius 1 is 0.850 bits per heavy atom. The fourth-order valence-electron chi connectivity index (χ4n) is 4.41. The Morgan fingerprint density at radius 3 is 2.00 bits per heavy atom. The molecule has 1 atom stereocenters. The summed E-state index contributed by atoms with van der Waals surface area (Å²) in [6.45, 7) is 6.90. The van der Waals surface area contributed by atoms with Crippen LogP contribution in [0.15, 0.2) is 65.6 Å². The van der Waals surface area contributed by atoms with Crippen LogP contribution in [-0.2, 0) is 26.2 Å². The maximum atomic E-state index is 14.1. The highest BCUT2D eigenvalue weighted by molar-refractivity contribution is 7.92. The van der Waals surface area contributed by atoms with Crippen molar-refractivity contribution in [3.63, 3.8) is 0 Å². The number of anilines is 1. The number of ether oxygens (including phenoxy) is 2. The van der Waals surface area contributed by atoms with E-state index in [0.717, 1.165) is 26.6 Å². The highest BCUT2D eigenvalue weighted by Crippen LogP contribution is 2.33. The molecule has 0 aromatic heterocycles. The summed E-state index contributed by atoms with van der Waals surface area (Å²) in [7, 11) is 0.123. The summed E-state index contributed by atoms with van der Waals surface area (Å²) in [5, 5.41) is 2.58. The summed E-state index contributed by atoms with van der Waals surface area (Å²) in [5.41, 5.74) is 3.89. The van der Waals surface area contributed by atoms with E-state index in [1.54, 1.807) is 19.1 Å². The molecule has 0 saturated carbocycles.